The molecule has 0 unspecified atom stereocenters. The molecular formula is C18H20N2O6S. The van der Waals surface area contributed by atoms with E-state index >= 15 is 0 Å². The van der Waals surface area contributed by atoms with E-state index in [9.17, 15) is 18.0 Å². The van der Waals surface area contributed by atoms with Crippen LogP contribution < -0.4 is 4.31 Å². The van der Waals surface area contributed by atoms with Crippen LogP contribution in [-0.4, -0.2) is 51.6 Å². The Morgan fingerprint density at radius 2 is 2.07 bits per heavy atom. The predicted molar refractivity (Wildman–Crippen MR) is 97.8 cm³/mol. The van der Waals surface area contributed by atoms with Gasteiger partial charge in [0.15, 0.2) is 6.61 Å². The molecule has 27 heavy (non-hydrogen) atoms. The summed E-state index contributed by atoms with van der Waals surface area (Å²) in [5.41, 5.74) is 1.62. The monoisotopic (exact) mass is 392 g/mol. The molecule has 3 rings (SSSR count). The van der Waals surface area contributed by atoms with Crippen LogP contribution in [-0.2, 0) is 32.5 Å². The molecule has 144 valence electrons. The van der Waals surface area contributed by atoms with Crippen molar-refractivity contribution in [2.45, 2.75) is 13.0 Å². The number of likely N-dealkylation sites (N-methyl/N-ethyl adjacent to an activating group) is 1. The Kier molecular flexibility index (Phi) is 5.22. The zero-order chi connectivity index (χ0) is 19.6. The van der Waals surface area contributed by atoms with Crippen LogP contribution in [0.5, 0.6) is 0 Å². The average molecular weight is 392 g/mol. The molecular weight excluding hydrogens is 372 g/mol. The van der Waals surface area contributed by atoms with E-state index in [2.05, 4.69) is 0 Å². The first-order chi connectivity index (χ1) is 12.8. The number of anilines is 1. The smallest absolute Gasteiger partial charge is 0.338 e. The lowest BCUT2D eigenvalue weighted by molar-refractivity contribution is -0.133. The molecule has 9 heteroatoms. The molecule has 2 aromatic rings. The summed E-state index contributed by atoms with van der Waals surface area (Å²) in [5, 5.41) is 0. The van der Waals surface area contributed by atoms with Gasteiger partial charge in [0.2, 0.25) is 10.0 Å². The fourth-order valence-corrected chi connectivity index (χ4v) is 3.85. The number of rotatable bonds is 6. The highest BCUT2D eigenvalue weighted by molar-refractivity contribution is 7.92. The highest BCUT2D eigenvalue weighted by Gasteiger charge is 2.27. The molecule has 0 atom stereocenters. The number of carbonyl (C=O) groups is 2. The molecule has 1 aliphatic heterocycles. The van der Waals surface area contributed by atoms with E-state index in [0.29, 0.717) is 24.4 Å². The lowest BCUT2D eigenvalue weighted by Crippen LogP contribution is -2.30. The van der Waals surface area contributed by atoms with Crippen molar-refractivity contribution in [3.05, 3.63) is 53.5 Å². The standard InChI is InChI=1S/C18H20N2O6S/c1-19(11-15-4-3-9-25-15)17(21)12-26-18(22)14-5-6-16-13(10-14)7-8-20(16)27(2,23)24/h3-6,9-10H,7-8,11-12H2,1-2H3. The lowest BCUT2D eigenvalue weighted by atomic mass is 10.1. The summed E-state index contributed by atoms with van der Waals surface area (Å²) in [6.07, 6.45) is 3.19. The molecule has 1 aliphatic rings. The Morgan fingerprint density at radius 1 is 1.30 bits per heavy atom. The number of ether oxygens (including phenoxy) is 1. The van der Waals surface area contributed by atoms with E-state index in [-0.39, 0.29) is 24.6 Å². The van der Waals surface area contributed by atoms with Crippen LogP contribution in [0.3, 0.4) is 0 Å². The molecule has 0 spiro atoms. The first-order valence-electron chi connectivity index (χ1n) is 8.30. The Labute approximate surface area is 157 Å². The number of fused-ring (bicyclic) bond motifs is 1. The number of esters is 1. The van der Waals surface area contributed by atoms with Crippen molar-refractivity contribution in [2.75, 3.05) is 30.8 Å². The van der Waals surface area contributed by atoms with Crippen molar-refractivity contribution in [2.24, 2.45) is 0 Å². The maximum absolute atomic E-state index is 12.2. The van der Waals surface area contributed by atoms with Gasteiger partial charge in [0, 0.05) is 13.6 Å². The summed E-state index contributed by atoms with van der Waals surface area (Å²) >= 11 is 0. The van der Waals surface area contributed by atoms with Crippen molar-refractivity contribution >= 4 is 27.6 Å². The van der Waals surface area contributed by atoms with E-state index in [0.717, 1.165) is 11.8 Å². The Balaban J connectivity index is 1.60. The van der Waals surface area contributed by atoms with E-state index < -0.39 is 16.0 Å². The SMILES string of the molecule is CN(Cc1ccco1)C(=O)COC(=O)c1ccc2c(c1)CCN2S(C)(=O)=O. The Hall–Kier alpha value is -2.81. The van der Waals surface area contributed by atoms with Crippen LogP contribution in [0.4, 0.5) is 5.69 Å². The summed E-state index contributed by atoms with van der Waals surface area (Å²) in [5.74, 6) is -0.356. The molecule has 8 nitrogen and oxygen atoms in total. The number of hydrogen-bond acceptors (Lipinski definition) is 6. The van der Waals surface area contributed by atoms with Crippen molar-refractivity contribution in [3.8, 4) is 0 Å². The lowest BCUT2D eigenvalue weighted by Gasteiger charge is -2.17. The minimum absolute atomic E-state index is 0.281. The van der Waals surface area contributed by atoms with Crippen LogP contribution in [0.1, 0.15) is 21.7 Å². The van der Waals surface area contributed by atoms with E-state index in [4.69, 9.17) is 9.15 Å². The third kappa shape index (κ3) is 4.30. The maximum atomic E-state index is 12.2. The van der Waals surface area contributed by atoms with Crippen LogP contribution in [0.2, 0.25) is 0 Å². The number of furan rings is 1. The van der Waals surface area contributed by atoms with Crippen LogP contribution in [0.15, 0.2) is 41.0 Å². The number of carbonyl (C=O) groups excluding carboxylic acids is 2. The van der Waals surface area contributed by atoms with Crippen molar-refractivity contribution in [1.82, 2.24) is 4.90 Å². The van der Waals surface area contributed by atoms with Gasteiger partial charge in [0.1, 0.15) is 5.76 Å². The molecule has 0 saturated heterocycles. The van der Waals surface area contributed by atoms with Gasteiger partial charge in [-0.3, -0.25) is 9.10 Å². The predicted octanol–water partition coefficient (Wildman–Crippen LogP) is 1.42. The second-order valence-corrected chi connectivity index (χ2v) is 8.24. The van der Waals surface area contributed by atoms with Gasteiger partial charge in [-0.1, -0.05) is 0 Å². The highest BCUT2D eigenvalue weighted by atomic mass is 32.2. The molecule has 0 N–H and O–H groups in total. The topological polar surface area (TPSA) is 97.1 Å². The fraction of sp³-hybridized carbons (Fsp3) is 0.333. The molecule has 0 saturated carbocycles. The van der Waals surface area contributed by atoms with Crippen LogP contribution in [0, 0.1) is 0 Å². The molecule has 1 aromatic carbocycles. The molecule has 2 heterocycles. The molecule has 0 bridgehead atoms. The zero-order valence-electron chi connectivity index (χ0n) is 15.0. The van der Waals surface area contributed by atoms with Gasteiger partial charge < -0.3 is 14.1 Å². The summed E-state index contributed by atoms with van der Waals surface area (Å²) in [6, 6.07) is 8.18. The largest absolute Gasteiger partial charge is 0.467 e. The minimum Gasteiger partial charge on any atom is -0.467 e. The third-order valence-corrected chi connectivity index (χ3v) is 5.47. The van der Waals surface area contributed by atoms with Crippen molar-refractivity contribution in [1.29, 1.82) is 0 Å². The van der Waals surface area contributed by atoms with Crippen molar-refractivity contribution in [3.63, 3.8) is 0 Å². The van der Waals surface area contributed by atoms with Crippen LogP contribution >= 0.6 is 0 Å². The second kappa shape index (κ2) is 7.43. The van der Waals surface area contributed by atoms with E-state index in [1.165, 1.54) is 21.5 Å². The highest BCUT2D eigenvalue weighted by Crippen LogP contribution is 2.30. The Morgan fingerprint density at radius 3 is 2.74 bits per heavy atom. The number of nitrogens with zero attached hydrogens (tertiary/aromatic N) is 2. The normalized spacial score (nSPS) is 13.3. The summed E-state index contributed by atoms with van der Waals surface area (Å²) in [6.45, 7) is 0.245. The number of hydrogen-bond donors (Lipinski definition) is 0. The molecule has 0 fully saturated rings. The fourth-order valence-electron chi connectivity index (χ4n) is 2.89. The van der Waals surface area contributed by atoms with Crippen LogP contribution in [0.25, 0.3) is 0 Å². The van der Waals surface area contributed by atoms with Gasteiger partial charge in [-0.05, 0) is 42.3 Å². The molecule has 1 amide bonds. The van der Waals surface area contributed by atoms with E-state index in [1.807, 2.05) is 0 Å². The van der Waals surface area contributed by atoms with E-state index in [1.54, 1.807) is 31.3 Å². The minimum atomic E-state index is -3.34. The van der Waals surface area contributed by atoms with Gasteiger partial charge in [0.05, 0.1) is 30.3 Å². The zero-order valence-corrected chi connectivity index (χ0v) is 15.9. The van der Waals surface area contributed by atoms with Gasteiger partial charge in [-0.2, -0.15) is 0 Å². The quantitative estimate of drug-likeness (QED) is 0.690. The van der Waals surface area contributed by atoms with Crippen molar-refractivity contribution < 1.29 is 27.2 Å². The average Bonchev–Trinajstić information content (AvgIpc) is 3.27. The number of benzene rings is 1. The number of sulfonamides is 1. The van der Waals surface area contributed by atoms with Gasteiger partial charge in [0.25, 0.3) is 5.91 Å². The molecule has 1 aromatic heterocycles. The second-order valence-electron chi connectivity index (χ2n) is 6.33. The number of amides is 1. The third-order valence-electron chi connectivity index (χ3n) is 4.29. The summed E-state index contributed by atoms with van der Waals surface area (Å²) in [7, 11) is -1.75. The van der Waals surface area contributed by atoms with Gasteiger partial charge >= 0.3 is 5.97 Å². The summed E-state index contributed by atoms with van der Waals surface area (Å²) in [4.78, 5) is 25.7. The first kappa shape index (κ1) is 19.0. The van der Waals surface area contributed by atoms with Gasteiger partial charge in [-0.25, -0.2) is 13.2 Å². The summed E-state index contributed by atoms with van der Waals surface area (Å²) < 4.78 is 35.1. The first-order valence-corrected chi connectivity index (χ1v) is 10.1. The molecule has 0 aliphatic carbocycles. The maximum Gasteiger partial charge on any atom is 0.338 e. The molecule has 0 radical (unpaired) electrons. The van der Waals surface area contributed by atoms with Gasteiger partial charge in [-0.15, -0.1) is 0 Å². The Bertz CT molecular complexity index is 952.